The highest BCUT2D eigenvalue weighted by Crippen LogP contribution is 2.64. The largest absolute Gasteiger partial charge is 0.457 e. The fourth-order valence-electron chi connectivity index (χ4n) is 13.9. The fourth-order valence-corrected chi connectivity index (χ4v) is 13.9. The number of para-hydroxylation sites is 4. The van der Waals surface area contributed by atoms with Gasteiger partial charge in [0.1, 0.15) is 23.0 Å². The maximum absolute atomic E-state index is 10.5. The van der Waals surface area contributed by atoms with Crippen LogP contribution < -0.4 is 9.47 Å². The molecule has 18 rings (SSSR count). The summed E-state index contributed by atoms with van der Waals surface area (Å²) in [6, 6.07) is 78.4. The van der Waals surface area contributed by atoms with E-state index in [-0.39, 0.29) is 17.3 Å². The lowest BCUT2D eigenvalue weighted by Crippen LogP contribution is -2.32. The number of nitrogens with one attached hydrogen (secondary N) is 2. The minimum absolute atomic E-state index is 0. The van der Waals surface area contributed by atoms with E-state index < -0.39 is 10.8 Å². The van der Waals surface area contributed by atoms with Crippen LogP contribution in [0.15, 0.2) is 218 Å². The van der Waals surface area contributed by atoms with Gasteiger partial charge in [0.2, 0.25) is 0 Å². The van der Waals surface area contributed by atoms with Crippen molar-refractivity contribution in [2.45, 2.75) is 63.2 Å². The summed E-state index contributed by atoms with van der Waals surface area (Å²) in [7, 11) is 0. The van der Waals surface area contributed by atoms with Gasteiger partial charge in [-0.15, -0.1) is 0 Å². The highest BCUT2D eigenvalue weighted by molar-refractivity contribution is 6.11. The number of Topliss-reactive ketones (excluding diaryl/α,β-unsaturated/α-hetero) is 1. The summed E-state index contributed by atoms with van der Waals surface area (Å²) in [5.74, 6) is 4.16. The lowest BCUT2D eigenvalue weighted by atomic mass is 9.66. The third-order valence-electron chi connectivity index (χ3n) is 17.2. The first-order valence-corrected chi connectivity index (χ1v) is 27.7. The number of carbonyl (C=O) groups is 1. The topological polar surface area (TPSA) is 76.3 Å². The Morgan fingerprint density at radius 1 is 0.375 bits per heavy atom. The van der Waals surface area contributed by atoms with Crippen LogP contribution in [-0.4, -0.2) is 37.4 Å². The van der Waals surface area contributed by atoms with Gasteiger partial charge >= 0.3 is 0 Å². The number of hydrogen-bond acceptors (Lipinski definition) is 4. The molecule has 1 saturated carbocycles. The predicted molar refractivity (Wildman–Crippen MR) is 331 cm³/mol. The average Bonchev–Trinajstić information content (AvgIpc) is 4.05. The summed E-state index contributed by atoms with van der Waals surface area (Å²) in [5.41, 5.74) is 18.9. The van der Waals surface area contributed by atoms with Crippen LogP contribution in [-0.2, 0) is 20.4 Å². The second-order valence-corrected chi connectivity index (χ2v) is 21.4. The standard InChI is InChI=1S/2C31H19NO.C6H10O.C4H8O.CH4.B.2H2/c1-4-12-23-19(9-1)20-10-2-5-13-24(20)31(23)25-14-6-8-16-29(25)33-30-17-22-21-11-3-7-15-27(21)32-28(22)18-26(30)31;1-4-12-23-19(9-1)20-10-2-5-13-24(20)31(23)25-14-6-8-16-28(25)33-30-26(31)18-17-22-21-11-3-7-15-27(21)32-29(22)30;7-6-4-2-1-3-5-6;1-2-4-5-3-1;;;;/h2*1-18,32H;1-5H2;1-4H2;1H4;;2*1H/i;;;;;;1+1D;1+1. The second kappa shape index (κ2) is 20.4. The highest BCUT2D eigenvalue weighted by atomic mass is 16.5. The van der Waals surface area contributed by atoms with Crippen molar-refractivity contribution in [1.29, 1.82) is 0 Å². The Bertz CT molecular complexity index is 4150. The quantitative estimate of drug-likeness (QED) is 0.148. The number of carbonyl (C=O) groups excluding carboxylic acids is 1. The second-order valence-electron chi connectivity index (χ2n) is 21.4. The Labute approximate surface area is 473 Å². The van der Waals surface area contributed by atoms with E-state index in [1.165, 1.54) is 108 Å². The Kier molecular flexibility index (Phi) is 12.6. The number of ether oxygens (including phenoxy) is 3. The Morgan fingerprint density at radius 3 is 1.34 bits per heavy atom. The molecule has 7 heteroatoms. The molecule has 0 amide bonds. The van der Waals surface area contributed by atoms with Crippen LogP contribution in [0, 0.1) is 0 Å². The molecule has 12 aromatic rings. The Balaban J connectivity index is 0.000000137. The predicted octanol–water partition coefficient (Wildman–Crippen LogP) is 18.6. The number of fused-ring (bicyclic) bond motifs is 25. The Hall–Kier alpha value is -8.91. The zero-order chi connectivity index (χ0) is 53.8. The first kappa shape index (κ1) is 49.4. The van der Waals surface area contributed by atoms with E-state index >= 15 is 0 Å². The van der Waals surface area contributed by atoms with E-state index in [0.29, 0.717) is 5.78 Å². The third-order valence-corrected chi connectivity index (χ3v) is 17.2. The van der Waals surface area contributed by atoms with Crippen LogP contribution in [0.3, 0.4) is 0 Å². The molecule has 80 heavy (non-hydrogen) atoms. The van der Waals surface area contributed by atoms with Crippen molar-refractivity contribution in [3.63, 3.8) is 0 Å². The minimum Gasteiger partial charge on any atom is -0.457 e. The van der Waals surface area contributed by atoms with Crippen molar-refractivity contribution < 1.29 is 23.4 Å². The van der Waals surface area contributed by atoms with Gasteiger partial charge in [-0.05, 0) is 107 Å². The molecule has 2 fully saturated rings. The summed E-state index contributed by atoms with van der Waals surface area (Å²) >= 11 is 0. The van der Waals surface area contributed by atoms with Gasteiger partial charge < -0.3 is 24.2 Å². The highest BCUT2D eigenvalue weighted by Gasteiger charge is 2.53. The first-order chi connectivity index (χ1) is 39.6. The molecule has 10 aromatic carbocycles. The van der Waals surface area contributed by atoms with Gasteiger partial charge in [-0.2, -0.15) is 0 Å². The smallest absolute Gasteiger partial charge is 0.156 e. The van der Waals surface area contributed by atoms with Crippen LogP contribution in [0.5, 0.6) is 23.0 Å². The molecule has 393 valence electrons. The van der Waals surface area contributed by atoms with Gasteiger partial charge in [0.05, 0.1) is 16.3 Å². The van der Waals surface area contributed by atoms with E-state index in [1.807, 2.05) is 0 Å². The number of aromatic amines is 2. The molecule has 3 aliphatic heterocycles. The summed E-state index contributed by atoms with van der Waals surface area (Å²) < 4.78 is 28.3. The number of rotatable bonds is 0. The first-order valence-electron chi connectivity index (χ1n) is 28.7. The molecular weight excluding hydrogens is 980 g/mol. The van der Waals surface area contributed by atoms with Crippen molar-refractivity contribution >= 4 is 57.8 Å². The number of ketones is 1. The summed E-state index contributed by atoms with van der Waals surface area (Å²) in [6.45, 7) is 2.00. The van der Waals surface area contributed by atoms with Gasteiger partial charge in [-0.25, -0.2) is 0 Å². The number of benzene rings is 10. The molecule has 0 atom stereocenters. The average molecular weight is 1050 g/mol. The van der Waals surface area contributed by atoms with Crippen LogP contribution in [0.2, 0.25) is 0 Å². The van der Waals surface area contributed by atoms with E-state index in [0.717, 1.165) is 84.0 Å². The van der Waals surface area contributed by atoms with Gasteiger partial charge in [0.15, 0.2) is 5.75 Å². The fraction of sp³-hybridized carbons (Fsp3) is 0.164. The SMILES string of the molecule is C.C1CCOC1.O=C1CCCCC1.[2HH].[2H][2H].[B].c1ccc2c(c1)Oc1c(ccc3c1[nH]c1ccccc13)C21c2ccccc2-c2ccccc21.c1ccc2c(c1)Oc1cc3c(cc1C21c2ccccc2-c2ccccc21)[nH]c1ccccc13. The summed E-state index contributed by atoms with van der Waals surface area (Å²) in [5, 5.41) is 4.83. The molecule has 1 saturated heterocycles. The van der Waals surface area contributed by atoms with Crippen molar-refractivity contribution in [3.05, 3.63) is 263 Å². The zero-order valence-electron chi connectivity index (χ0n) is 45.9. The van der Waals surface area contributed by atoms with Crippen molar-refractivity contribution in [3.8, 4) is 45.3 Å². The number of aromatic nitrogens is 2. The molecule has 6 aliphatic rings. The number of hydrogen-bond donors (Lipinski definition) is 2. The van der Waals surface area contributed by atoms with Crippen LogP contribution in [0.25, 0.3) is 65.9 Å². The molecule has 3 radical (unpaired) electrons. The van der Waals surface area contributed by atoms with E-state index in [1.54, 1.807) is 0 Å². The molecule has 0 unspecified atom stereocenters. The maximum Gasteiger partial charge on any atom is 0.156 e. The van der Waals surface area contributed by atoms with Crippen LogP contribution in [0.1, 0.15) is 101 Å². The van der Waals surface area contributed by atoms with Crippen LogP contribution >= 0.6 is 0 Å². The van der Waals surface area contributed by atoms with Gasteiger partial charge in [0, 0.05) is 99.2 Å². The molecule has 2 N–H and O–H groups in total. The van der Waals surface area contributed by atoms with Gasteiger partial charge in [-0.1, -0.05) is 196 Å². The normalized spacial score (nSPS) is 15.6. The van der Waals surface area contributed by atoms with E-state index in [4.69, 9.17) is 17.2 Å². The van der Waals surface area contributed by atoms with Gasteiger partial charge in [-0.3, -0.25) is 4.79 Å². The van der Waals surface area contributed by atoms with Gasteiger partial charge in [0.25, 0.3) is 0 Å². The maximum atomic E-state index is 10.5. The van der Waals surface area contributed by atoms with Crippen molar-refractivity contribution in [1.82, 2.24) is 9.97 Å². The zero-order valence-corrected chi connectivity index (χ0v) is 43.9. The molecular formula is C73H64BN2O4. The molecule has 3 aliphatic carbocycles. The molecule has 2 aromatic heterocycles. The molecule has 2 spiro atoms. The Morgan fingerprint density at radius 2 is 0.825 bits per heavy atom. The monoisotopic (exact) mass is 1050 g/mol. The minimum atomic E-state index is -0.414. The van der Waals surface area contributed by atoms with E-state index in [2.05, 4.69) is 228 Å². The summed E-state index contributed by atoms with van der Waals surface area (Å²) in [6.07, 6.45) is 7.80. The lowest BCUT2D eigenvalue weighted by molar-refractivity contribution is -0.120. The third kappa shape index (κ3) is 7.62. The van der Waals surface area contributed by atoms with Crippen molar-refractivity contribution in [2.24, 2.45) is 0 Å². The molecule has 0 bridgehead atoms. The van der Waals surface area contributed by atoms with Crippen molar-refractivity contribution in [2.75, 3.05) is 13.2 Å². The molecule has 6 nitrogen and oxygen atoms in total. The van der Waals surface area contributed by atoms with Crippen LogP contribution in [0.4, 0.5) is 0 Å². The lowest BCUT2D eigenvalue weighted by Gasteiger charge is -2.39. The van der Waals surface area contributed by atoms with E-state index in [9.17, 15) is 4.79 Å². The molecule has 5 heterocycles. The number of H-pyrrole nitrogens is 2. The summed E-state index contributed by atoms with van der Waals surface area (Å²) in [4.78, 5) is 17.8.